The van der Waals surface area contributed by atoms with E-state index in [1.54, 1.807) is 0 Å². The maximum Gasteiger partial charge on any atom is 0.122 e. The molecule has 0 spiro atoms. The summed E-state index contributed by atoms with van der Waals surface area (Å²) in [6.45, 7) is 1.09. The molecule has 0 bridgehead atoms. The summed E-state index contributed by atoms with van der Waals surface area (Å²) in [6, 6.07) is 13.8. The second kappa shape index (κ2) is 6.53. The van der Waals surface area contributed by atoms with Gasteiger partial charge in [0.25, 0.3) is 0 Å². The van der Waals surface area contributed by atoms with Crippen LogP contribution in [0.1, 0.15) is 24.0 Å². The van der Waals surface area contributed by atoms with Crippen LogP contribution in [-0.2, 0) is 12.8 Å². The van der Waals surface area contributed by atoms with Crippen LogP contribution < -0.4 is 15.2 Å². The molecule has 110 valence electrons. The SMILES string of the molecule is Nc1ccc(OCCOc2cccc3c2CCCC3)cc1. The van der Waals surface area contributed by atoms with Gasteiger partial charge in [-0.15, -0.1) is 0 Å². The molecule has 0 atom stereocenters. The number of aryl methyl sites for hydroxylation is 1. The highest BCUT2D eigenvalue weighted by Gasteiger charge is 2.13. The average Bonchev–Trinajstić information content (AvgIpc) is 2.53. The third-order valence-electron chi connectivity index (χ3n) is 3.84. The Kier molecular flexibility index (Phi) is 4.29. The summed E-state index contributed by atoms with van der Waals surface area (Å²) in [6.07, 6.45) is 4.85. The van der Waals surface area contributed by atoms with E-state index in [-0.39, 0.29) is 0 Å². The minimum atomic E-state index is 0.535. The van der Waals surface area contributed by atoms with Crippen molar-refractivity contribution in [3.05, 3.63) is 53.6 Å². The van der Waals surface area contributed by atoms with Gasteiger partial charge >= 0.3 is 0 Å². The van der Waals surface area contributed by atoms with Crippen molar-refractivity contribution in [3.8, 4) is 11.5 Å². The standard InChI is InChI=1S/C18H21NO2/c19-15-8-10-16(11-9-15)20-12-13-21-18-7-3-5-14-4-1-2-6-17(14)18/h3,5,7-11H,1-2,4,6,12-13,19H2. The molecule has 0 unspecified atom stereocenters. The van der Waals surface area contributed by atoms with Gasteiger partial charge in [-0.05, 0) is 67.1 Å². The first-order valence-corrected chi connectivity index (χ1v) is 7.55. The highest BCUT2D eigenvalue weighted by atomic mass is 16.5. The zero-order valence-corrected chi connectivity index (χ0v) is 12.2. The molecule has 0 heterocycles. The van der Waals surface area contributed by atoms with Crippen molar-refractivity contribution in [3.63, 3.8) is 0 Å². The van der Waals surface area contributed by atoms with Crippen molar-refractivity contribution in [2.24, 2.45) is 0 Å². The smallest absolute Gasteiger partial charge is 0.122 e. The minimum Gasteiger partial charge on any atom is -0.490 e. The topological polar surface area (TPSA) is 44.5 Å². The Bertz CT molecular complexity index is 593. The van der Waals surface area contributed by atoms with Crippen LogP contribution >= 0.6 is 0 Å². The first kappa shape index (κ1) is 13.8. The van der Waals surface area contributed by atoms with E-state index in [9.17, 15) is 0 Å². The van der Waals surface area contributed by atoms with Gasteiger partial charge in [0.1, 0.15) is 24.7 Å². The Balaban J connectivity index is 1.53. The van der Waals surface area contributed by atoms with Crippen LogP contribution in [0.3, 0.4) is 0 Å². The van der Waals surface area contributed by atoms with E-state index in [0.29, 0.717) is 13.2 Å². The summed E-state index contributed by atoms with van der Waals surface area (Å²) >= 11 is 0. The largest absolute Gasteiger partial charge is 0.490 e. The van der Waals surface area contributed by atoms with E-state index in [0.717, 1.165) is 23.6 Å². The number of ether oxygens (including phenoxy) is 2. The van der Waals surface area contributed by atoms with Gasteiger partial charge < -0.3 is 15.2 Å². The number of rotatable bonds is 5. The fraction of sp³-hybridized carbons (Fsp3) is 0.333. The van der Waals surface area contributed by atoms with Crippen LogP contribution in [0.2, 0.25) is 0 Å². The zero-order valence-electron chi connectivity index (χ0n) is 12.2. The van der Waals surface area contributed by atoms with E-state index in [1.165, 1.54) is 30.4 Å². The van der Waals surface area contributed by atoms with Crippen molar-refractivity contribution < 1.29 is 9.47 Å². The number of benzene rings is 2. The Labute approximate surface area is 125 Å². The van der Waals surface area contributed by atoms with E-state index in [4.69, 9.17) is 15.2 Å². The lowest BCUT2D eigenvalue weighted by atomic mass is 9.91. The molecule has 0 saturated carbocycles. The predicted molar refractivity (Wildman–Crippen MR) is 84.9 cm³/mol. The molecule has 0 amide bonds. The van der Waals surface area contributed by atoms with Crippen LogP contribution in [0.15, 0.2) is 42.5 Å². The predicted octanol–water partition coefficient (Wildman–Crippen LogP) is 3.61. The van der Waals surface area contributed by atoms with Crippen molar-refractivity contribution in [2.75, 3.05) is 18.9 Å². The monoisotopic (exact) mass is 283 g/mol. The summed E-state index contributed by atoms with van der Waals surface area (Å²) in [5.41, 5.74) is 9.22. The Morgan fingerprint density at radius 3 is 2.48 bits per heavy atom. The molecule has 0 saturated heterocycles. The fourth-order valence-corrected chi connectivity index (χ4v) is 2.76. The van der Waals surface area contributed by atoms with Gasteiger partial charge in [-0.1, -0.05) is 12.1 Å². The second-order valence-electron chi connectivity index (χ2n) is 5.37. The normalized spacial score (nSPS) is 13.5. The van der Waals surface area contributed by atoms with E-state index in [1.807, 2.05) is 24.3 Å². The fourth-order valence-electron chi connectivity index (χ4n) is 2.76. The van der Waals surface area contributed by atoms with E-state index >= 15 is 0 Å². The molecule has 1 aliphatic carbocycles. The van der Waals surface area contributed by atoms with Gasteiger partial charge in [0.05, 0.1) is 0 Å². The molecule has 0 aromatic heterocycles. The van der Waals surface area contributed by atoms with Crippen LogP contribution in [0.5, 0.6) is 11.5 Å². The molecule has 2 N–H and O–H groups in total. The molecule has 2 aromatic carbocycles. The first-order valence-electron chi connectivity index (χ1n) is 7.55. The lowest BCUT2D eigenvalue weighted by molar-refractivity contribution is 0.215. The number of anilines is 1. The van der Waals surface area contributed by atoms with Gasteiger partial charge in [-0.25, -0.2) is 0 Å². The maximum atomic E-state index is 5.90. The Morgan fingerprint density at radius 1 is 0.857 bits per heavy atom. The average molecular weight is 283 g/mol. The molecular formula is C18H21NO2. The molecule has 21 heavy (non-hydrogen) atoms. The van der Waals surface area contributed by atoms with E-state index in [2.05, 4.69) is 18.2 Å². The lowest BCUT2D eigenvalue weighted by Crippen LogP contribution is -2.12. The Morgan fingerprint density at radius 2 is 1.62 bits per heavy atom. The number of hydrogen-bond donors (Lipinski definition) is 1. The summed E-state index contributed by atoms with van der Waals surface area (Å²) in [5.74, 6) is 1.84. The molecule has 1 aliphatic rings. The minimum absolute atomic E-state index is 0.535. The summed E-state index contributed by atoms with van der Waals surface area (Å²) in [4.78, 5) is 0. The van der Waals surface area contributed by atoms with Crippen LogP contribution in [0.4, 0.5) is 5.69 Å². The highest BCUT2D eigenvalue weighted by Crippen LogP contribution is 2.29. The van der Waals surface area contributed by atoms with Crippen LogP contribution in [0.25, 0.3) is 0 Å². The first-order chi connectivity index (χ1) is 10.3. The highest BCUT2D eigenvalue weighted by molar-refractivity contribution is 5.42. The molecule has 3 rings (SSSR count). The summed E-state index contributed by atoms with van der Waals surface area (Å²) in [7, 11) is 0. The molecule has 0 radical (unpaired) electrons. The molecule has 0 aliphatic heterocycles. The Hall–Kier alpha value is -2.16. The van der Waals surface area contributed by atoms with Gasteiger partial charge in [-0.2, -0.15) is 0 Å². The van der Waals surface area contributed by atoms with Gasteiger partial charge in [0.15, 0.2) is 0 Å². The third-order valence-corrected chi connectivity index (χ3v) is 3.84. The number of nitrogens with two attached hydrogens (primary N) is 1. The maximum absolute atomic E-state index is 5.90. The summed E-state index contributed by atoms with van der Waals surface area (Å²) < 4.78 is 11.5. The molecule has 3 nitrogen and oxygen atoms in total. The van der Waals surface area contributed by atoms with Gasteiger partial charge in [-0.3, -0.25) is 0 Å². The quantitative estimate of drug-likeness (QED) is 0.673. The summed E-state index contributed by atoms with van der Waals surface area (Å²) in [5, 5.41) is 0. The number of hydrogen-bond acceptors (Lipinski definition) is 3. The van der Waals surface area contributed by atoms with E-state index < -0.39 is 0 Å². The molecule has 3 heteroatoms. The van der Waals surface area contributed by atoms with Crippen molar-refractivity contribution in [2.45, 2.75) is 25.7 Å². The van der Waals surface area contributed by atoms with Gasteiger partial charge in [0, 0.05) is 5.69 Å². The third kappa shape index (κ3) is 3.48. The second-order valence-corrected chi connectivity index (χ2v) is 5.37. The van der Waals surface area contributed by atoms with Crippen molar-refractivity contribution in [1.29, 1.82) is 0 Å². The molecule has 0 fully saturated rings. The van der Waals surface area contributed by atoms with Crippen molar-refractivity contribution >= 4 is 5.69 Å². The number of nitrogen functional groups attached to an aromatic ring is 1. The van der Waals surface area contributed by atoms with Crippen LogP contribution in [-0.4, -0.2) is 13.2 Å². The lowest BCUT2D eigenvalue weighted by Gasteiger charge is -2.19. The van der Waals surface area contributed by atoms with Crippen LogP contribution in [0, 0.1) is 0 Å². The van der Waals surface area contributed by atoms with Gasteiger partial charge in [0.2, 0.25) is 0 Å². The zero-order chi connectivity index (χ0) is 14.5. The molecule has 2 aromatic rings. The molecular weight excluding hydrogens is 262 g/mol. The number of fused-ring (bicyclic) bond motifs is 1. The van der Waals surface area contributed by atoms with Crippen molar-refractivity contribution in [1.82, 2.24) is 0 Å².